The molecule has 9 nitrogen and oxygen atoms in total. The fourth-order valence-corrected chi connectivity index (χ4v) is 4.77. The number of carboxylic acid groups (broad SMARTS) is 2. The molecule has 0 aliphatic heterocycles. The van der Waals surface area contributed by atoms with Crippen LogP contribution in [-0.4, -0.2) is 52.8 Å². The Hall–Kier alpha value is -3.41. The van der Waals surface area contributed by atoms with Gasteiger partial charge in [0.25, 0.3) is 10.0 Å². The molecule has 2 heterocycles. The number of rotatable bonds is 8. The number of nitrogens with zero attached hydrogens (tertiary/aromatic N) is 2. The van der Waals surface area contributed by atoms with Crippen LogP contribution in [0.2, 0.25) is 0 Å². The quantitative estimate of drug-likeness (QED) is 0.322. The number of carboxylic acids is 2. The number of aromatic nitrogens is 2. The highest BCUT2D eigenvalue weighted by atomic mass is 32.2. The van der Waals surface area contributed by atoms with Crippen LogP contribution in [0.4, 0.5) is 0 Å². The van der Waals surface area contributed by atoms with Gasteiger partial charge in [0, 0.05) is 47.7 Å². The van der Waals surface area contributed by atoms with Crippen molar-refractivity contribution in [1.82, 2.24) is 14.3 Å². The van der Waals surface area contributed by atoms with Gasteiger partial charge in [0.15, 0.2) is 0 Å². The Labute approximate surface area is 195 Å². The van der Waals surface area contributed by atoms with E-state index in [1.54, 1.807) is 36.3 Å². The lowest BCUT2D eigenvalue weighted by Gasteiger charge is -2.12. The van der Waals surface area contributed by atoms with Crippen molar-refractivity contribution in [1.29, 1.82) is 0 Å². The van der Waals surface area contributed by atoms with E-state index in [1.807, 2.05) is 43.6 Å². The molecule has 0 spiro atoms. The minimum atomic E-state index is -3.72. The molecular weight excluding hydrogens is 466 g/mol. The SMILES string of the molecule is CNCc1cc(-c2ccccc2SC)n(S(=O)(=O)c2cccnc2)c1.O=C(O)/C=C/C(=O)O. The van der Waals surface area contributed by atoms with Crippen LogP contribution < -0.4 is 5.32 Å². The van der Waals surface area contributed by atoms with Gasteiger partial charge in [-0.15, -0.1) is 11.8 Å². The van der Waals surface area contributed by atoms with E-state index in [1.165, 1.54) is 10.2 Å². The molecule has 3 aromatic rings. The maximum Gasteiger partial charge on any atom is 0.328 e. The monoisotopic (exact) mass is 489 g/mol. The lowest BCUT2D eigenvalue weighted by atomic mass is 10.1. The number of nitrogens with one attached hydrogen (secondary N) is 1. The molecule has 0 saturated heterocycles. The first-order valence-corrected chi connectivity index (χ1v) is 12.2. The number of hydrogen-bond acceptors (Lipinski definition) is 7. The molecule has 0 saturated carbocycles. The van der Waals surface area contributed by atoms with Crippen LogP contribution in [0, 0.1) is 0 Å². The smallest absolute Gasteiger partial charge is 0.328 e. The van der Waals surface area contributed by atoms with Crippen LogP contribution in [0.25, 0.3) is 11.3 Å². The topological polar surface area (TPSA) is 139 Å². The molecule has 0 bridgehead atoms. The van der Waals surface area contributed by atoms with Gasteiger partial charge in [0.2, 0.25) is 0 Å². The highest BCUT2D eigenvalue weighted by molar-refractivity contribution is 7.98. The van der Waals surface area contributed by atoms with E-state index in [0.717, 1.165) is 16.0 Å². The zero-order valence-corrected chi connectivity index (χ0v) is 19.5. The van der Waals surface area contributed by atoms with Crippen LogP contribution in [0.5, 0.6) is 0 Å². The number of benzene rings is 1. The van der Waals surface area contributed by atoms with Crippen LogP contribution in [0.1, 0.15) is 5.56 Å². The normalized spacial score (nSPS) is 11.1. The van der Waals surface area contributed by atoms with E-state index >= 15 is 0 Å². The van der Waals surface area contributed by atoms with Crippen molar-refractivity contribution in [3.05, 3.63) is 78.8 Å². The Balaban J connectivity index is 0.000000414. The van der Waals surface area contributed by atoms with Crippen molar-refractivity contribution in [2.45, 2.75) is 16.3 Å². The third-order valence-corrected chi connectivity index (χ3v) is 6.62. The lowest BCUT2D eigenvalue weighted by molar-refractivity contribution is -0.134. The molecule has 174 valence electrons. The lowest BCUT2D eigenvalue weighted by Crippen LogP contribution is -2.14. The van der Waals surface area contributed by atoms with E-state index < -0.39 is 22.0 Å². The Morgan fingerprint density at radius 1 is 1.12 bits per heavy atom. The largest absolute Gasteiger partial charge is 0.478 e. The van der Waals surface area contributed by atoms with Gasteiger partial charge in [-0.05, 0) is 43.1 Å². The van der Waals surface area contributed by atoms with Crippen molar-refractivity contribution in [2.24, 2.45) is 0 Å². The summed E-state index contributed by atoms with van der Waals surface area (Å²) in [4.78, 5) is 24.3. The second-order valence-corrected chi connectivity index (χ2v) is 9.13. The molecular formula is C22H23N3O6S2. The molecule has 0 aliphatic rings. The standard InChI is InChI=1S/C18H19N3O2S2.C4H4O4/c1-19-11-14-10-17(16-7-3-4-8-18(16)24-2)21(13-14)25(22,23)15-6-5-9-20-12-15;5-3(6)1-2-4(7)8/h3-10,12-13,19H,11H2,1-2H3;1-2H,(H,5,6)(H,7,8)/b;2-1+. The van der Waals surface area contributed by atoms with Gasteiger partial charge in [-0.1, -0.05) is 18.2 Å². The maximum absolute atomic E-state index is 13.1. The fraction of sp³-hybridized carbons (Fsp3) is 0.136. The third-order valence-electron chi connectivity index (χ3n) is 4.17. The Bertz CT molecular complexity index is 1220. The average Bonchev–Trinajstić information content (AvgIpc) is 3.23. The van der Waals surface area contributed by atoms with E-state index in [2.05, 4.69) is 10.3 Å². The van der Waals surface area contributed by atoms with Crippen molar-refractivity contribution < 1.29 is 28.2 Å². The highest BCUT2D eigenvalue weighted by Crippen LogP contribution is 2.33. The molecule has 0 atom stereocenters. The zero-order valence-electron chi connectivity index (χ0n) is 17.9. The molecule has 0 fully saturated rings. The van der Waals surface area contributed by atoms with Gasteiger partial charge in [-0.3, -0.25) is 4.98 Å². The van der Waals surface area contributed by atoms with Crippen LogP contribution in [0.15, 0.2) is 83.0 Å². The fourth-order valence-electron chi connectivity index (χ4n) is 2.80. The zero-order chi connectivity index (χ0) is 24.4. The van der Waals surface area contributed by atoms with Crippen molar-refractivity contribution in [3.8, 4) is 11.3 Å². The van der Waals surface area contributed by atoms with Crippen LogP contribution >= 0.6 is 11.8 Å². The number of thioether (sulfide) groups is 1. The first-order chi connectivity index (χ1) is 15.7. The molecule has 0 amide bonds. The summed E-state index contributed by atoms with van der Waals surface area (Å²) in [6, 6.07) is 12.9. The summed E-state index contributed by atoms with van der Waals surface area (Å²) < 4.78 is 27.6. The predicted molar refractivity (Wildman–Crippen MR) is 126 cm³/mol. The minimum absolute atomic E-state index is 0.171. The van der Waals surface area contributed by atoms with E-state index in [9.17, 15) is 18.0 Å². The molecule has 0 aliphatic carbocycles. The predicted octanol–water partition coefficient (Wildman–Crippen LogP) is 2.94. The van der Waals surface area contributed by atoms with E-state index in [-0.39, 0.29) is 4.90 Å². The van der Waals surface area contributed by atoms with Crippen LogP contribution in [-0.2, 0) is 26.2 Å². The van der Waals surface area contributed by atoms with Crippen molar-refractivity contribution in [3.63, 3.8) is 0 Å². The highest BCUT2D eigenvalue weighted by Gasteiger charge is 2.23. The second-order valence-electron chi connectivity index (χ2n) is 6.46. The Morgan fingerprint density at radius 2 is 1.79 bits per heavy atom. The molecule has 11 heteroatoms. The van der Waals surface area contributed by atoms with E-state index in [0.29, 0.717) is 24.4 Å². The number of aliphatic carboxylic acids is 2. The Kier molecular flexibility index (Phi) is 9.40. The molecule has 0 radical (unpaired) electrons. The van der Waals surface area contributed by atoms with Gasteiger partial charge in [0.05, 0.1) is 5.69 Å². The van der Waals surface area contributed by atoms with Crippen LogP contribution in [0.3, 0.4) is 0 Å². The maximum atomic E-state index is 13.1. The molecule has 3 N–H and O–H groups in total. The summed E-state index contributed by atoms with van der Waals surface area (Å²) in [5.41, 5.74) is 2.45. The molecule has 33 heavy (non-hydrogen) atoms. The molecule has 2 aromatic heterocycles. The second kappa shape index (κ2) is 12.0. The summed E-state index contributed by atoms with van der Waals surface area (Å²) in [5.74, 6) is -2.51. The first kappa shape index (κ1) is 25.8. The molecule has 0 unspecified atom stereocenters. The summed E-state index contributed by atoms with van der Waals surface area (Å²) in [6.45, 7) is 0.587. The third kappa shape index (κ3) is 7.04. The van der Waals surface area contributed by atoms with Gasteiger partial charge in [-0.25, -0.2) is 22.0 Å². The number of pyridine rings is 1. The molecule has 1 aromatic carbocycles. The van der Waals surface area contributed by atoms with Crippen molar-refractivity contribution in [2.75, 3.05) is 13.3 Å². The van der Waals surface area contributed by atoms with E-state index in [4.69, 9.17) is 10.2 Å². The summed E-state index contributed by atoms with van der Waals surface area (Å²) in [7, 11) is -1.89. The first-order valence-electron chi connectivity index (χ1n) is 9.49. The number of carbonyl (C=O) groups is 2. The summed E-state index contributed by atoms with van der Waals surface area (Å²) >= 11 is 1.59. The Morgan fingerprint density at radius 3 is 2.33 bits per heavy atom. The van der Waals surface area contributed by atoms with Gasteiger partial charge in [-0.2, -0.15) is 0 Å². The molecule has 3 rings (SSSR count). The average molecular weight is 490 g/mol. The van der Waals surface area contributed by atoms with Gasteiger partial charge < -0.3 is 15.5 Å². The van der Waals surface area contributed by atoms with Crippen molar-refractivity contribution >= 4 is 33.7 Å². The van der Waals surface area contributed by atoms with Gasteiger partial charge in [0.1, 0.15) is 4.90 Å². The number of hydrogen-bond donors (Lipinski definition) is 3. The minimum Gasteiger partial charge on any atom is -0.478 e. The summed E-state index contributed by atoms with van der Waals surface area (Å²) in [5, 5.41) is 18.7. The van der Waals surface area contributed by atoms with Gasteiger partial charge >= 0.3 is 11.9 Å². The summed E-state index contributed by atoms with van der Waals surface area (Å²) in [6.07, 6.45) is 7.70.